The van der Waals surface area contributed by atoms with Crippen molar-refractivity contribution in [2.24, 2.45) is 11.8 Å². The molecule has 3 aliphatic carbocycles. The van der Waals surface area contributed by atoms with E-state index < -0.39 is 29.1 Å². The molecule has 1 aliphatic heterocycles. The predicted molar refractivity (Wildman–Crippen MR) is 125 cm³/mol. The van der Waals surface area contributed by atoms with E-state index in [9.17, 15) is 19.5 Å². The van der Waals surface area contributed by atoms with E-state index in [1.165, 1.54) is 4.90 Å². The van der Waals surface area contributed by atoms with Gasteiger partial charge in [0, 0.05) is 5.92 Å². The minimum Gasteiger partial charge on any atom is -0.491 e. The predicted octanol–water partition coefficient (Wildman–Crippen LogP) is 4.11. The molecule has 0 unspecified atom stereocenters. The van der Waals surface area contributed by atoms with Crippen LogP contribution in [0.5, 0.6) is 5.75 Å². The lowest BCUT2D eigenvalue weighted by atomic mass is 9.47. The van der Waals surface area contributed by atoms with Gasteiger partial charge in [-0.2, -0.15) is 0 Å². The number of ether oxygens (including phenoxy) is 1. The fourth-order valence-corrected chi connectivity index (χ4v) is 6.35. The topological polar surface area (TPSA) is 83.9 Å². The Morgan fingerprint density at radius 1 is 0.912 bits per heavy atom. The summed E-state index contributed by atoms with van der Waals surface area (Å²) in [5, 5.41) is 10.8. The second-order valence-corrected chi connectivity index (χ2v) is 9.10. The normalized spacial score (nSPS) is 26.1. The molecule has 7 rings (SSSR count). The van der Waals surface area contributed by atoms with Crippen LogP contribution in [0.3, 0.4) is 0 Å². The molecule has 170 valence electrons. The summed E-state index contributed by atoms with van der Waals surface area (Å²) in [7, 11) is 0. The van der Waals surface area contributed by atoms with Gasteiger partial charge in [0.2, 0.25) is 11.8 Å². The van der Waals surface area contributed by atoms with E-state index in [1.54, 1.807) is 48.5 Å². The van der Waals surface area contributed by atoms with Crippen molar-refractivity contribution >= 4 is 23.5 Å². The number of hydrogen-bond acceptors (Lipinski definition) is 4. The molecule has 0 saturated carbocycles. The molecule has 0 radical (unpaired) electrons. The molecule has 3 aromatic rings. The van der Waals surface area contributed by atoms with E-state index in [-0.39, 0.29) is 11.8 Å². The summed E-state index contributed by atoms with van der Waals surface area (Å²) in [5.41, 5.74) is 1.56. The second-order valence-electron chi connectivity index (χ2n) is 9.10. The first-order chi connectivity index (χ1) is 16.5. The third-order valence-electron chi connectivity index (χ3n) is 7.52. The molecule has 2 bridgehead atoms. The summed E-state index contributed by atoms with van der Waals surface area (Å²) in [5.74, 6) is -3.75. The maximum absolute atomic E-state index is 14.1. The molecular formula is C28H23NO5. The van der Waals surface area contributed by atoms with E-state index in [0.29, 0.717) is 29.2 Å². The van der Waals surface area contributed by atoms with Gasteiger partial charge in [0.05, 0.1) is 24.1 Å². The lowest BCUT2D eigenvalue weighted by Gasteiger charge is -2.51. The number of benzene rings is 3. The van der Waals surface area contributed by atoms with E-state index in [2.05, 4.69) is 0 Å². The highest BCUT2D eigenvalue weighted by Crippen LogP contribution is 2.64. The lowest BCUT2D eigenvalue weighted by molar-refractivity contribution is -0.149. The number of hydrogen-bond donors (Lipinski definition) is 1. The second kappa shape index (κ2) is 7.29. The molecule has 0 spiro atoms. The average molecular weight is 453 g/mol. The van der Waals surface area contributed by atoms with E-state index >= 15 is 0 Å². The van der Waals surface area contributed by atoms with Crippen LogP contribution in [0.15, 0.2) is 72.8 Å². The zero-order valence-electron chi connectivity index (χ0n) is 18.6. The van der Waals surface area contributed by atoms with Gasteiger partial charge in [0.25, 0.3) is 0 Å². The molecule has 6 heteroatoms. The number of carboxylic acid groups (broad SMARTS) is 1. The number of aliphatic carboxylic acids is 1. The summed E-state index contributed by atoms with van der Waals surface area (Å²) >= 11 is 0. The first-order valence-electron chi connectivity index (χ1n) is 11.5. The maximum Gasteiger partial charge on any atom is 0.319 e. The number of para-hydroxylation sites is 2. The SMILES string of the molecule is CCCOc1ccccc1N1C(=O)[C@@H]2[C@@H](C1=O)C1c3ccccc3C2(C(=O)O)c2ccccc21. The van der Waals surface area contributed by atoms with Crippen LogP contribution < -0.4 is 9.64 Å². The Labute approximate surface area is 196 Å². The van der Waals surface area contributed by atoms with Crippen LogP contribution in [0.1, 0.15) is 41.5 Å². The fraction of sp³-hybridized carbons (Fsp3) is 0.250. The Hall–Kier alpha value is -3.93. The molecule has 34 heavy (non-hydrogen) atoms. The number of imide groups is 1. The molecule has 1 heterocycles. The number of rotatable bonds is 5. The molecule has 4 aliphatic rings. The van der Waals surface area contributed by atoms with Gasteiger partial charge in [-0.3, -0.25) is 14.4 Å². The van der Waals surface area contributed by atoms with Crippen molar-refractivity contribution in [2.45, 2.75) is 24.7 Å². The van der Waals surface area contributed by atoms with Crippen LogP contribution in [0.2, 0.25) is 0 Å². The van der Waals surface area contributed by atoms with E-state index in [0.717, 1.165) is 17.5 Å². The Bertz CT molecular complexity index is 1310. The van der Waals surface area contributed by atoms with Crippen molar-refractivity contribution in [1.82, 2.24) is 0 Å². The highest BCUT2D eigenvalue weighted by molar-refractivity contribution is 6.25. The number of carboxylic acids is 1. The van der Waals surface area contributed by atoms with Crippen LogP contribution in [0, 0.1) is 11.8 Å². The van der Waals surface area contributed by atoms with Crippen molar-refractivity contribution in [3.8, 4) is 5.75 Å². The van der Waals surface area contributed by atoms with E-state index in [4.69, 9.17) is 4.74 Å². The van der Waals surface area contributed by atoms with Crippen LogP contribution >= 0.6 is 0 Å². The monoisotopic (exact) mass is 453 g/mol. The summed E-state index contributed by atoms with van der Waals surface area (Å²) < 4.78 is 5.85. The van der Waals surface area contributed by atoms with Crippen molar-refractivity contribution < 1.29 is 24.2 Å². The van der Waals surface area contributed by atoms with Gasteiger partial charge in [0.15, 0.2) is 0 Å². The highest BCUT2D eigenvalue weighted by atomic mass is 16.5. The first-order valence-corrected chi connectivity index (χ1v) is 11.5. The number of nitrogens with zero attached hydrogens (tertiary/aromatic N) is 1. The minimum atomic E-state index is -1.63. The molecule has 3 aromatic carbocycles. The van der Waals surface area contributed by atoms with Gasteiger partial charge in [0.1, 0.15) is 11.2 Å². The quantitative estimate of drug-likeness (QED) is 0.588. The van der Waals surface area contributed by atoms with Crippen molar-refractivity contribution in [2.75, 3.05) is 11.5 Å². The summed E-state index contributed by atoms with van der Waals surface area (Å²) in [6.07, 6.45) is 0.774. The van der Waals surface area contributed by atoms with Crippen molar-refractivity contribution in [1.29, 1.82) is 0 Å². The van der Waals surface area contributed by atoms with Crippen LogP contribution in [-0.4, -0.2) is 29.5 Å². The number of carbonyl (C=O) groups is 3. The molecule has 2 amide bonds. The molecule has 1 saturated heterocycles. The smallest absolute Gasteiger partial charge is 0.319 e. The lowest BCUT2D eigenvalue weighted by Crippen LogP contribution is -2.57. The van der Waals surface area contributed by atoms with Crippen LogP contribution in [-0.2, 0) is 19.8 Å². The third kappa shape index (κ3) is 2.37. The molecular weight excluding hydrogens is 430 g/mol. The molecule has 0 aromatic heterocycles. The first kappa shape index (κ1) is 20.7. The molecule has 6 nitrogen and oxygen atoms in total. The van der Waals surface area contributed by atoms with E-state index in [1.807, 2.05) is 31.2 Å². The molecule has 1 fully saturated rings. The zero-order chi connectivity index (χ0) is 23.6. The zero-order valence-corrected chi connectivity index (χ0v) is 18.6. The molecule has 2 atom stereocenters. The molecule has 1 N–H and O–H groups in total. The Morgan fingerprint density at radius 2 is 1.50 bits per heavy atom. The summed E-state index contributed by atoms with van der Waals surface area (Å²) in [4.78, 5) is 42.5. The average Bonchev–Trinajstić information content (AvgIpc) is 3.13. The third-order valence-corrected chi connectivity index (χ3v) is 7.52. The fourth-order valence-electron chi connectivity index (χ4n) is 6.35. The Balaban J connectivity index is 1.61. The van der Waals surface area contributed by atoms with Gasteiger partial charge in [-0.25, -0.2) is 4.90 Å². The maximum atomic E-state index is 14.1. The minimum absolute atomic E-state index is 0.369. The van der Waals surface area contributed by atoms with Gasteiger partial charge in [-0.1, -0.05) is 67.6 Å². The van der Waals surface area contributed by atoms with Gasteiger partial charge >= 0.3 is 5.97 Å². The van der Waals surface area contributed by atoms with Crippen LogP contribution in [0.4, 0.5) is 5.69 Å². The Morgan fingerprint density at radius 3 is 2.12 bits per heavy atom. The van der Waals surface area contributed by atoms with Crippen molar-refractivity contribution in [3.05, 3.63) is 95.1 Å². The summed E-state index contributed by atoms with van der Waals surface area (Å²) in [6, 6.07) is 21.7. The number of anilines is 1. The number of amides is 2. The van der Waals surface area contributed by atoms with Crippen LogP contribution in [0.25, 0.3) is 0 Å². The van der Waals surface area contributed by atoms with Gasteiger partial charge in [-0.15, -0.1) is 0 Å². The standard InChI is InChI=1S/C28H23NO5/c1-2-15-34-21-14-8-7-13-20(21)29-25(30)23-22-16-9-3-5-11-18(16)28(27(32)33,24(23)26(29)31)19-12-6-4-10-17(19)22/h3-14,22-24H,2,15H2,1H3,(H,32,33)/t22?,23-,24-,28?/m0/s1. The van der Waals surface area contributed by atoms with Gasteiger partial charge < -0.3 is 9.84 Å². The largest absolute Gasteiger partial charge is 0.491 e. The highest BCUT2D eigenvalue weighted by Gasteiger charge is 2.71. The Kier molecular flexibility index (Phi) is 4.43. The summed E-state index contributed by atoms with van der Waals surface area (Å²) in [6.45, 7) is 2.42. The van der Waals surface area contributed by atoms with Gasteiger partial charge in [-0.05, 0) is 40.8 Å². The number of carbonyl (C=O) groups excluding carboxylic acids is 2. The van der Waals surface area contributed by atoms with Crippen molar-refractivity contribution in [3.63, 3.8) is 0 Å².